The van der Waals surface area contributed by atoms with Crippen LogP contribution in [0, 0.1) is 0 Å². The van der Waals surface area contributed by atoms with Crippen LogP contribution >= 0.6 is 0 Å². The molecule has 0 aliphatic rings. The van der Waals surface area contributed by atoms with Crippen LogP contribution in [0.1, 0.15) is 5.56 Å². The molecular formula is C21H24N2O7. The van der Waals surface area contributed by atoms with Crippen molar-refractivity contribution >= 4 is 23.6 Å². The fraction of sp³-hybridized carbons (Fsp3) is 0.238. The van der Waals surface area contributed by atoms with Crippen molar-refractivity contribution in [3.05, 3.63) is 42.0 Å². The Morgan fingerprint density at radius 1 is 0.900 bits per heavy atom. The maximum Gasteiger partial charge on any atom is 0.255 e. The van der Waals surface area contributed by atoms with Crippen molar-refractivity contribution in [2.75, 3.05) is 40.4 Å². The topological polar surface area (TPSA) is 118 Å². The fourth-order valence-electron chi connectivity index (χ4n) is 2.57. The summed E-state index contributed by atoms with van der Waals surface area (Å²) in [5.74, 6) is 1.09. The Kier molecular flexibility index (Phi) is 7.92. The third kappa shape index (κ3) is 5.81. The van der Waals surface area contributed by atoms with E-state index in [0.717, 1.165) is 0 Å². The molecule has 0 spiro atoms. The lowest BCUT2D eigenvalue weighted by molar-refractivity contribution is -0.120. The van der Waals surface area contributed by atoms with Gasteiger partial charge in [-0.1, -0.05) is 0 Å². The molecule has 0 fully saturated rings. The number of nitrogens with two attached hydrogens (primary N) is 1. The number of benzene rings is 2. The van der Waals surface area contributed by atoms with Crippen LogP contribution in [0.5, 0.6) is 28.7 Å². The van der Waals surface area contributed by atoms with Crippen molar-refractivity contribution in [1.82, 2.24) is 0 Å². The zero-order valence-electron chi connectivity index (χ0n) is 17.2. The Balaban J connectivity index is 2.16. The lowest BCUT2D eigenvalue weighted by Crippen LogP contribution is -2.20. The van der Waals surface area contributed by atoms with Crippen LogP contribution in [-0.4, -0.2) is 46.9 Å². The molecule has 9 heteroatoms. The first kappa shape index (κ1) is 22.4. The number of hydrogen-bond donors (Lipinski definition) is 2. The van der Waals surface area contributed by atoms with Gasteiger partial charge in [0.2, 0.25) is 11.7 Å². The minimum atomic E-state index is -0.625. The number of methoxy groups -OCH3 is 4. The summed E-state index contributed by atoms with van der Waals surface area (Å²) < 4.78 is 26.3. The van der Waals surface area contributed by atoms with Crippen LogP contribution in [0.2, 0.25) is 0 Å². The summed E-state index contributed by atoms with van der Waals surface area (Å²) in [5, 5.41) is 2.71. The van der Waals surface area contributed by atoms with Gasteiger partial charge in [-0.15, -0.1) is 0 Å². The van der Waals surface area contributed by atoms with E-state index in [9.17, 15) is 9.59 Å². The number of rotatable bonds is 10. The van der Waals surface area contributed by atoms with E-state index < -0.39 is 5.91 Å². The summed E-state index contributed by atoms with van der Waals surface area (Å²) in [5.41, 5.74) is 6.23. The number of anilines is 1. The van der Waals surface area contributed by atoms with Gasteiger partial charge < -0.3 is 34.7 Å². The number of hydrogen-bond acceptors (Lipinski definition) is 7. The maximum atomic E-state index is 12.3. The first-order valence-corrected chi connectivity index (χ1v) is 8.80. The Bertz CT molecular complexity index is 916. The van der Waals surface area contributed by atoms with Gasteiger partial charge in [0.05, 0.1) is 28.4 Å². The molecule has 2 rings (SSSR count). The number of carbonyl (C=O) groups excluding carboxylic acids is 2. The Morgan fingerprint density at radius 3 is 2.07 bits per heavy atom. The largest absolute Gasteiger partial charge is 0.493 e. The summed E-state index contributed by atoms with van der Waals surface area (Å²) in [4.78, 5) is 23.3. The predicted octanol–water partition coefficient (Wildman–Crippen LogP) is 2.24. The normalized spacial score (nSPS) is 10.4. The van der Waals surface area contributed by atoms with Gasteiger partial charge >= 0.3 is 0 Å². The molecule has 0 radical (unpaired) electrons. The van der Waals surface area contributed by atoms with Crippen molar-refractivity contribution < 1.29 is 33.3 Å². The molecule has 2 aromatic rings. The van der Waals surface area contributed by atoms with Crippen LogP contribution in [0.4, 0.5) is 5.69 Å². The lowest BCUT2D eigenvalue weighted by Gasteiger charge is -2.13. The molecule has 0 unspecified atom stereocenters. The fourth-order valence-corrected chi connectivity index (χ4v) is 2.57. The maximum absolute atomic E-state index is 12.3. The highest BCUT2D eigenvalue weighted by atomic mass is 16.5. The smallest absolute Gasteiger partial charge is 0.255 e. The molecule has 0 heterocycles. The molecule has 2 amide bonds. The monoisotopic (exact) mass is 416 g/mol. The summed E-state index contributed by atoms with van der Waals surface area (Å²) in [6.45, 7) is -0.311. The zero-order chi connectivity index (χ0) is 22.1. The second-order valence-electron chi connectivity index (χ2n) is 5.90. The van der Waals surface area contributed by atoms with Gasteiger partial charge in [0, 0.05) is 17.8 Å². The van der Waals surface area contributed by atoms with E-state index in [1.807, 2.05) is 0 Å². The summed E-state index contributed by atoms with van der Waals surface area (Å²) >= 11 is 0. The number of primary amides is 1. The molecular weight excluding hydrogens is 392 g/mol. The molecule has 0 aromatic heterocycles. The molecule has 0 atom stereocenters. The molecule has 30 heavy (non-hydrogen) atoms. The summed E-state index contributed by atoms with van der Waals surface area (Å²) in [7, 11) is 6.00. The predicted molar refractivity (Wildman–Crippen MR) is 111 cm³/mol. The molecule has 9 nitrogen and oxygen atoms in total. The quantitative estimate of drug-likeness (QED) is 0.570. The Labute approximate surface area is 174 Å². The van der Waals surface area contributed by atoms with Crippen molar-refractivity contribution in [1.29, 1.82) is 0 Å². The van der Waals surface area contributed by atoms with Crippen molar-refractivity contribution in [3.8, 4) is 28.7 Å². The van der Waals surface area contributed by atoms with Gasteiger partial charge in [0.15, 0.2) is 29.6 Å². The van der Waals surface area contributed by atoms with Gasteiger partial charge in [-0.05, 0) is 35.9 Å². The minimum Gasteiger partial charge on any atom is -0.493 e. The summed E-state index contributed by atoms with van der Waals surface area (Å²) in [6, 6.07) is 8.21. The number of amides is 2. The number of ether oxygens (including phenoxy) is 5. The first-order valence-electron chi connectivity index (χ1n) is 8.80. The van der Waals surface area contributed by atoms with Gasteiger partial charge in [-0.2, -0.15) is 0 Å². The van der Waals surface area contributed by atoms with Gasteiger partial charge in [-0.3, -0.25) is 9.59 Å². The highest BCUT2D eigenvalue weighted by Gasteiger charge is 2.12. The highest BCUT2D eigenvalue weighted by Crippen LogP contribution is 2.38. The van der Waals surface area contributed by atoms with E-state index in [0.29, 0.717) is 34.2 Å². The molecule has 2 aromatic carbocycles. The van der Waals surface area contributed by atoms with E-state index in [4.69, 9.17) is 29.4 Å². The standard InChI is InChI=1S/C21H24N2O7/c1-26-15-7-6-14(11-16(15)30-12-19(22)24)23-20(25)8-5-13-9-17(27-2)21(29-4)18(10-13)28-3/h5-11H,12H2,1-4H3,(H2,22,24)(H,23,25). The second kappa shape index (κ2) is 10.6. The molecule has 0 saturated carbocycles. The Hall–Kier alpha value is -3.88. The molecule has 0 aliphatic heterocycles. The van der Waals surface area contributed by atoms with Crippen molar-refractivity contribution in [2.24, 2.45) is 5.73 Å². The van der Waals surface area contributed by atoms with Gasteiger partial charge in [0.1, 0.15) is 0 Å². The molecule has 0 aliphatic carbocycles. The van der Waals surface area contributed by atoms with Gasteiger partial charge in [0.25, 0.3) is 5.91 Å². The number of nitrogens with one attached hydrogen (secondary N) is 1. The molecule has 160 valence electrons. The molecule has 3 N–H and O–H groups in total. The lowest BCUT2D eigenvalue weighted by atomic mass is 10.1. The second-order valence-corrected chi connectivity index (χ2v) is 5.90. The average molecular weight is 416 g/mol. The van der Waals surface area contributed by atoms with Crippen LogP contribution in [0.25, 0.3) is 6.08 Å². The van der Waals surface area contributed by atoms with Crippen molar-refractivity contribution in [2.45, 2.75) is 0 Å². The zero-order valence-corrected chi connectivity index (χ0v) is 17.2. The van der Waals surface area contributed by atoms with E-state index >= 15 is 0 Å². The van der Waals surface area contributed by atoms with E-state index in [-0.39, 0.29) is 18.3 Å². The van der Waals surface area contributed by atoms with Crippen LogP contribution in [-0.2, 0) is 9.59 Å². The average Bonchev–Trinajstić information content (AvgIpc) is 2.75. The van der Waals surface area contributed by atoms with Gasteiger partial charge in [-0.25, -0.2) is 0 Å². The third-order valence-electron chi connectivity index (χ3n) is 3.92. The number of carbonyl (C=O) groups is 2. The minimum absolute atomic E-state index is 0.280. The van der Waals surface area contributed by atoms with E-state index in [2.05, 4.69) is 5.32 Å². The molecule has 0 bridgehead atoms. The highest BCUT2D eigenvalue weighted by molar-refractivity contribution is 6.02. The molecule has 0 saturated heterocycles. The van der Waals surface area contributed by atoms with Crippen molar-refractivity contribution in [3.63, 3.8) is 0 Å². The SMILES string of the molecule is COc1ccc(NC(=O)C=Cc2cc(OC)c(OC)c(OC)c2)cc1OCC(N)=O. The Morgan fingerprint density at radius 2 is 1.53 bits per heavy atom. The van der Waals surface area contributed by atoms with Crippen LogP contribution in [0.15, 0.2) is 36.4 Å². The van der Waals surface area contributed by atoms with Crippen LogP contribution in [0.3, 0.4) is 0 Å². The first-order chi connectivity index (χ1) is 14.4. The third-order valence-corrected chi connectivity index (χ3v) is 3.92. The summed E-state index contributed by atoms with van der Waals surface area (Å²) in [6.07, 6.45) is 2.96. The van der Waals surface area contributed by atoms with E-state index in [1.165, 1.54) is 40.6 Å². The van der Waals surface area contributed by atoms with E-state index in [1.54, 1.807) is 30.3 Å². The van der Waals surface area contributed by atoms with Crippen LogP contribution < -0.4 is 34.7 Å².